The van der Waals surface area contributed by atoms with Crippen LogP contribution in [0.15, 0.2) is 35.9 Å². The van der Waals surface area contributed by atoms with Crippen LogP contribution in [0, 0.1) is 11.3 Å². The molecule has 1 aromatic carbocycles. The third-order valence-electron chi connectivity index (χ3n) is 2.27. The second-order valence-electron chi connectivity index (χ2n) is 3.41. The van der Waals surface area contributed by atoms with Gasteiger partial charge in [0.15, 0.2) is 5.75 Å². The topological polar surface area (TPSA) is 71.1 Å². The fourth-order valence-corrected chi connectivity index (χ4v) is 1.42. The van der Waals surface area contributed by atoms with Crippen molar-refractivity contribution < 1.29 is 4.74 Å². The van der Waals surface area contributed by atoms with Gasteiger partial charge in [0, 0.05) is 6.08 Å². The molecule has 0 radical (unpaired) electrons. The Balaban J connectivity index is 2.34. The van der Waals surface area contributed by atoms with Gasteiger partial charge in [0.05, 0.1) is 11.8 Å². The summed E-state index contributed by atoms with van der Waals surface area (Å²) in [5.41, 5.74) is 7.45. The van der Waals surface area contributed by atoms with Crippen LogP contribution in [0.3, 0.4) is 0 Å². The van der Waals surface area contributed by atoms with E-state index >= 15 is 0 Å². The summed E-state index contributed by atoms with van der Waals surface area (Å²) >= 11 is 0. The summed E-state index contributed by atoms with van der Waals surface area (Å²) in [7, 11) is 0. The summed E-state index contributed by atoms with van der Waals surface area (Å²) in [5.74, 6) is 1.91. The van der Waals surface area contributed by atoms with Crippen LogP contribution in [0.25, 0.3) is 6.08 Å². The Morgan fingerprint density at radius 2 is 2.31 bits per heavy atom. The van der Waals surface area contributed by atoms with E-state index in [0.29, 0.717) is 11.6 Å². The molecule has 3 N–H and O–H groups in total. The van der Waals surface area contributed by atoms with E-state index in [4.69, 9.17) is 15.7 Å². The first kappa shape index (κ1) is 10.1. The zero-order chi connectivity index (χ0) is 11.5. The molecule has 0 saturated carbocycles. The lowest BCUT2D eigenvalue weighted by atomic mass is 10.1. The van der Waals surface area contributed by atoms with Crippen LogP contribution in [-0.2, 0) is 0 Å². The SMILES string of the molecule is CC1=C(N)Nc2cc(C=CC#N)ccc2O1. The first-order valence-electron chi connectivity index (χ1n) is 4.82. The predicted octanol–water partition coefficient (Wildman–Crippen LogP) is 2.18. The number of nitrogens with two attached hydrogens (primary N) is 1. The number of fused-ring (bicyclic) bond motifs is 1. The maximum absolute atomic E-state index is 8.44. The number of nitriles is 1. The standard InChI is InChI=1S/C12H11N3O/c1-8-12(14)15-10-7-9(3-2-6-13)4-5-11(10)16-8/h2-5,7,15H,14H2,1H3. The summed E-state index contributed by atoms with van der Waals surface area (Å²) in [6, 6.07) is 7.54. The number of ether oxygens (including phenoxy) is 1. The normalized spacial score (nSPS) is 14.0. The van der Waals surface area contributed by atoms with Crippen LogP contribution in [-0.4, -0.2) is 0 Å². The summed E-state index contributed by atoms with van der Waals surface area (Å²) in [5, 5.41) is 11.5. The molecule has 0 spiro atoms. The van der Waals surface area contributed by atoms with Crippen LogP contribution in [0.1, 0.15) is 12.5 Å². The minimum atomic E-state index is 0.508. The molecule has 1 heterocycles. The van der Waals surface area contributed by atoms with Crippen molar-refractivity contribution in [3.63, 3.8) is 0 Å². The van der Waals surface area contributed by atoms with E-state index in [9.17, 15) is 0 Å². The van der Waals surface area contributed by atoms with E-state index in [-0.39, 0.29) is 0 Å². The highest BCUT2D eigenvalue weighted by atomic mass is 16.5. The molecule has 0 atom stereocenters. The van der Waals surface area contributed by atoms with Crippen LogP contribution >= 0.6 is 0 Å². The molecule has 4 nitrogen and oxygen atoms in total. The second-order valence-corrected chi connectivity index (χ2v) is 3.41. The Bertz CT molecular complexity index is 524. The molecule has 0 saturated heterocycles. The second kappa shape index (κ2) is 3.99. The minimum absolute atomic E-state index is 0.508. The van der Waals surface area contributed by atoms with Gasteiger partial charge in [-0.25, -0.2) is 0 Å². The number of nitrogens with zero attached hydrogens (tertiary/aromatic N) is 1. The predicted molar refractivity (Wildman–Crippen MR) is 62.2 cm³/mol. The first-order chi connectivity index (χ1) is 7.70. The maximum atomic E-state index is 8.44. The number of benzene rings is 1. The Morgan fingerprint density at radius 3 is 3.06 bits per heavy atom. The van der Waals surface area contributed by atoms with Crippen LogP contribution in [0.4, 0.5) is 5.69 Å². The van der Waals surface area contributed by atoms with Gasteiger partial charge < -0.3 is 15.8 Å². The average Bonchev–Trinajstić information content (AvgIpc) is 2.28. The number of allylic oxidation sites excluding steroid dienone is 2. The molecule has 4 heteroatoms. The third kappa shape index (κ3) is 1.84. The van der Waals surface area contributed by atoms with Gasteiger partial charge in [0.1, 0.15) is 11.6 Å². The van der Waals surface area contributed by atoms with Gasteiger partial charge in [-0.1, -0.05) is 6.07 Å². The monoisotopic (exact) mass is 213 g/mol. The van der Waals surface area contributed by atoms with Gasteiger partial charge in [0.25, 0.3) is 0 Å². The minimum Gasteiger partial charge on any atom is -0.456 e. The third-order valence-corrected chi connectivity index (χ3v) is 2.27. The molecule has 0 aliphatic carbocycles. The first-order valence-corrected chi connectivity index (χ1v) is 4.82. The van der Waals surface area contributed by atoms with Crippen molar-refractivity contribution in [2.45, 2.75) is 6.92 Å². The van der Waals surface area contributed by atoms with Crippen molar-refractivity contribution in [1.29, 1.82) is 5.26 Å². The van der Waals surface area contributed by atoms with Crippen LogP contribution in [0.2, 0.25) is 0 Å². The molecule has 16 heavy (non-hydrogen) atoms. The molecule has 0 fully saturated rings. The molecule has 80 valence electrons. The zero-order valence-electron chi connectivity index (χ0n) is 8.82. The Hall–Kier alpha value is -2.41. The molecule has 0 aromatic heterocycles. The van der Waals surface area contributed by atoms with Gasteiger partial charge in [0.2, 0.25) is 0 Å². The smallest absolute Gasteiger partial charge is 0.150 e. The van der Waals surface area contributed by atoms with Crippen molar-refractivity contribution in [3.05, 3.63) is 41.4 Å². The lowest BCUT2D eigenvalue weighted by molar-refractivity contribution is 0.415. The molecular formula is C12H11N3O. The molecular weight excluding hydrogens is 202 g/mol. The molecule has 1 aliphatic rings. The molecule has 1 aromatic rings. The average molecular weight is 213 g/mol. The molecule has 0 amide bonds. The van der Waals surface area contributed by atoms with Gasteiger partial charge in [-0.05, 0) is 30.7 Å². The van der Waals surface area contributed by atoms with Crippen molar-refractivity contribution in [3.8, 4) is 11.8 Å². The number of nitrogens with one attached hydrogen (secondary N) is 1. The van der Waals surface area contributed by atoms with Gasteiger partial charge >= 0.3 is 0 Å². The Morgan fingerprint density at radius 1 is 1.50 bits per heavy atom. The van der Waals surface area contributed by atoms with Crippen molar-refractivity contribution in [2.24, 2.45) is 5.73 Å². The van der Waals surface area contributed by atoms with E-state index in [2.05, 4.69) is 5.32 Å². The highest BCUT2D eigenvalue weighted by Gasteiger charge is 2.13. The highest BCUT2D eigenvalue weighted by molar-refractivity contribution is 5.68. The van der Waals surface area contributed by atoms with Crippen LogP contribution in [0.5, 0.6) is 5.75 Å². The molecule has 0 unspecified atom stereocenters. The quantitative estimate of drug-likeness (QED) is 0.701. The fraction of sp³-hybridized carbons (Fsp3) is 0.0833. The Labute approximate surface area is 93.6 Å². The molecule has 1 aliphatic heterocycles. The van der Waals surface area contributed by atoms with Gasteiger partial charge in [-0.15, -0.1) is 0 Å². The summed E-state index contributed by atoms with van der Waals surface area (Å²) < 4.78 is 5.51. The van der Waals surface area contributed by atoms with Crippen LogP contribution < -0.4 is 15.8 Å². The summed E-state index contributed by atoms with van der Waals surface area (Å²) in [6.45, 7) is 1.80. The highest BCUT2D eigenvalue weighted by Crippen LogP contribution is 2.32. The summed E-state index contributed by atoms with van der Waals surface area (Å²) in [4.78, 5) is 0. The fourth-order valence-electron chi connectivity index (χ4n) is 1.42. The van der Waals surface area contributed by atoms with Gasteiger partial charge in [-0.2, -0.15) is 5.26 Å². The van der Waals surface area contributed by atoms with Crippen molar-refractivity contribution >= 4 is 11.8 Å². The van der Waals surface area contributed by atoms with E-state index in [1.807, 2.05) is 24.3 Å². The number of hydrogen-bond donors (Lipinski definition) is 2. The van der Waals surface area contributed by atoms with Crippen molar-refractivity contribution in [1.82, 2.24) is 0 Å². The van der Waals surface area contributed by atoms with Gasteiger partial charge in [-0.3, -0.25) is 0 Å². The van der Waals surface area contributed by atoms with E-state index in [1.54, 1.807) is 13.0 Å². The maximum Gasteiger partial charge on any atom is 0.150 e. The Kier molecular flexibility index (Phi) is 2.52. The largest absolute Gasteiger partial charge is 0.456 e. The number of rotatable bonds is 1. The lowest BCUT2D eigenvalue weighted by Gasteiger charge is -2.20. The zero-order valence-corrected chi connectivity index (χ0v) is 8.82. The number of hydrogen-bond acceptors (Lipinski definition) is 4. The molecule has 2 rings (SSSR count). The number of anilines is 1. The van der Waals surface area contributed by atoms with E-state index in [1.165, 1.54) is 6.08 Å². The molecule has 0 bridgehead atoms. The van der Waals surface area contributed by atoms with Crippen molar-refractivity contribution in [2.75, 3.05) is 5.32 Å². The van der Waals surface area contributed by atoms with E-state index in [0.717, 1.165) is 17.0 Å². The lowest BCUT2D eigenvalue weighted by Crippen LogP contribution is -2.18. The summed E-state index contributed by atoms with van der Waals surface area (Å²) in [6.07, 6.45) is 3.15. The van der Waals surface area contributed by atoms with E-state index < -0.39 is 0 Å².